The van der Waals surface area contributed by atoms with Gasteiger partial charge in [-0.25, -0.2) is 0 Å². The largest absolute Gasteiger partial charge is 0.481 e. The van der Waals surface area contributed by atoms with Crippen molar-refractivity contribution in [2.75, 3.05) is 0 Å². The summed E-state index contributed by atoms with van der Waals surface area (Å²) in [5, 5.41) is 9.59. The number of hydrogen-bond donors (Lipinski definition) is 1. The minimum atomic E-state index is -1.16. The van der Waals surface area contributed by atoms with Gasteiger partial charge in [-0.05, 0) is 128 Å². The molecule has 50 heavy (non-hydrogen) atoms. The molecule has 5 aliphatic carbocycles. The van der Waals surface area contributed by atoms with Crippen molar-refractivity contribution in [1.29, 1.82) is 0 Å². The van der Waals surface area contributed by atoms with Gasteiger partial charge in [-0.15, -0.1) is 0 Å². The molecule has 4 fully saturated rings. The number of rotatable bonds is 6. The zero-order valence-corrected chi connectivity index (χ0v) is 31.7. The fourth-order valence-electron chi connectivity index (χ4n) is 13.2. The van der Waals surface area contributed by atoms with Gasteiger partial charge in [-0.2, -0.15) is 0 Å². The lowest BCUT2D eigenvalue weighted by atomic mass is 9.36. The van der Waals surface area contributed by atoms with E-state index in [-0.39, 0.29) is 52.3 Å². The molecular weight excluding hydrogens is 626 g/mol. The third-order valence-corrected chi connectivity index (χ3v) is 15.5. The first kappa shape index (κ1) is 35.4. The number of carboxylic acids is 1. The van der Waals surface area contributed by atoms with E-state index in [1.54, 1.807) is 13.8 Å². The molecule has 1 aromatic rings. The summed E-state index contributed by atoms with van der Waals surface area (Å²) in [5.41, 5.74) is 2.70. The van der Waals surface area contributed by atoms with Gasteiger partial charge in [-0.1, -0.05) is 65.8 Å². The quantitative estimate of drug-likeness (QED) is 0.301. The Balaban J connectivity index is 1.16. The van der Waals surface area contributed by atoms with E-state index >= 15 is 0 Å². The number of amides is 1. The Morgan fingerprint density at radius 2 is 1.54 bits per heavy atom. The molecule has 1 amide bonds. The smallest absolute Gasteiger partial charge is 0.309 e. The topological polar surface area (TPSA) is 101 Å². The van der Waals surface area contributed by atoms with Gasteiger partial charge in [0.2, 0.25) is 5.91 Å². The van der Waals surface area contributed by atoms with Gasteiger partial charge < -0.3 is 14.7 Å². The Bertz CT molecular complexity index is 1630. The standard InChI is InChI=1S/C43H59NO6/c1-25(2)35-30(45)21-43(37(47)44-23-26-11-9-10-12-27(26)24-44)20-15-29-28(36(35)43)13-14-32-41(29,7)18-16-31-40(5,6)33(17-19-42(31,32)8)50-34(46)22-39(3,4)38(48)49/h9-12,25,28-29,31-33H,13-24H2,1-8H3,(H,48,49)/t28?,29?,31?,32?,33-,41-,42-,43+/m0/s1. The van der Waals surface area contributed by atoms with E-state index in [0.29, 0.717) is 37.3 Å². The number of aliphatic carboxylic acids is 1. The summed E-state index contributed by atoms with van der Waals surface area (Å²) in [6.45, 7) is 18.3. The molecule has 7 nitrogen and oxygen atoms in total. The van der Waals surface area contributed by atoms with Gasteiger partial charge in [0.1, 0.15) is 6.10 Å². The number of allylic oxidation sites excluding steroid dienone is 1. The maximum Gasteiger partial charge on any atom is 0.309 e. The summed E-state index contributed by atoms with van der Waals surface area (Å²) < 4.78 is 6.15. The summed E-state index contributed by atoms with van der Waals surface area (Å²) >= 11 is 0. The number of benzene rings is 1. The van der Waals surface area contributed by atoms with Crippen LogP contribution in [0.4, 0.5) is 0 Å². The summed E-state index contributed by atoms with van der Waals surface area (Å²) in [4.78, 5) is 55.6. The Labute approximate surface area is 299 Å². The molecule has 0 radical (unpaired) electrons. The van der Waals surface area contributed by atoms with Crippen LogP contribution in [0.1, 0.15) is 131 Å². The molecule has 1 heterocycles. The number of carbonyl (C=O) groups is 4. The van der Waals surface area contributed by atoms with Crippen molar-refractivity contribution in [1.82, 2.24) is 4.90 Å². The highest BCUT2D eigenvalue weighted by Gasteiger charge is 2.68. The first-order chi connectivity index (χ1) is 23.4. The molecule has 1 aromatic carbocycles. The minimum Gasteiger partial charge on any atom is -0.481 e. The third kappa shape index (κ3) is 5.09. The first-order valence-corrected chi connectivity index (χ1v) is 19.4. The van der Waals surface area contributed by atoms with Gasteiger partial charge in [0.25, 0.3) is 0 Å². The summed E-state index contributed by atoms with van der Waals surface area (Å²) in [5.74, 6) is 0.639. The number of nitrogens with zero attached hydrogens (tertiary/aromatic N) is 1. The van der Waals surface area contributed by atoms with Crippen molar-refractivity contribution >= 4 is 23.6 Å². The summed E-state index contributed by atoms with van der Waals surface area (Å²) in [7, 11) is 0. The van der Waals surface area contributed by atoms with E-state index in [1.165, 1.54) is 16.7 Å². The number of ketones is 1. The second-order valence-corrected chi connectivity index (χ2v) is 19.3. The first-order valence-electron chi connectivity index (χ1n) is 19.4. The van der Waals surface area contributed by atoms with Crippen LogP contribution in [0, 0.1) is 56.7 Å². The zero-order valence-electron chi connectivity index (χ0n) is 31.7. The van der Waals surface area contributed by atoms with E-state index in [0.717, 1.165) is 56.9 Å². The van der Waals surface area contributed by atoms with Gasteiger partial charge in [0.05, 0.1) is 17.3 Å². The van der Waals surface area contributed by atoms with Crippen LogP contribution in [0.15, 0.2) is 35.4 Å². The number of carbonyl (C=O) groups excluding carboxylic acids is 3. The number of Topliss-reactive ketones (excluding diaryl/α,β-unsaturated/α-hetero) is 1. The Morgan fingerprint density at radius 1 is 0.900 bits per heavy atom. The predicted octanol–water partition coefficient (Wildman–Crippen LogP) is 8.53. The van der Waals surface area contributed by atoms with Crippen molar-refractivity contribution in [3.8, 4) is 0 Å². The fourth-order valence-corrected chi connectivity index (χ4v) is 13.2. The van der Waals surface area contributed by atoms with Gasteiger partial charge in [-0.3, -0.25) is 19.2 Å². The maximum absolute atomic E-state index is 14.8. The van der Waals surface area contributed by atoms with E-state index in [4.69, 9.17) is 4.74 Å². The van der Waals surface area contributed by atoms with Crippen LogP contribution in [0.2, 0.25) is 0 Å². The molecule has 7 rings (SSSR count). The SMILES string of the molecule is CC(C)C1=C2C3CCC4[C@@](C)(CCC5C(C)(C)[C@@H](OC(=O)CC(C)(C)C(=O)O)CC[C@@]54C)C3CC[C@@]2(C(=O)N2Cc3ccccc3C2)CC1=O. The molecular formula is C43H59NO6. The number of ether oxygens (including phenoxy) is 1. The van der Waals surface area contributed by atoms with Crippen LogP contribution < -0.4 is 0 Å². The van der Waals surface area contributed by atoms with E-state index in [1.807, 2.05) is 4.90 Å². The lowest BCUT2D eigenvalue weighted by Crippen LogP contribution is -2.63. The zero-order chi connectivity index (χ0) is 36.2. The molecule has 7 heteroatoms. The monoisotopic (exact) mass is 685 g/mol. The molecule has 1 aliphatic heterocycles. The Kier molecular flexibility index (Phi) is 8.35. The highest BCUT2D eigenvalue weighted by atomic mass is 16.5. The van der Waals surface area contributed by atoms with Crippen LogP contribution in [-0.4, -0.2) is 39.7 Å². The molecule has 0 spiro atoms. The van der Waals surface area contributed by atoms with Crippen molar-refractivity contribution in [3.63, 3.8) is 0 Å². The molecule has 272 valence electrons. The van der Waals surface area contributed by atoms with Gasteiger partial charge in [0.15, 0.2) is 5.78 Å². The van der Waals surface area contributed by atoms with E-state index in [9.17, 15) is 24.3 Å². The molecule has 8 atom stereocenters. The predicted molar refractivity (Wildman–Crippen MR) is 191 cm³/mol. The van der Waals surface area contributed by atoms with Gasteiger partial charge >= 0.3 is 11.9 Å². The Morgan fingerprint density at radius 3 is 2.16 bits per heavy atom. The third-order valence-electron chi connectivity index (χ3n) is 15.5. The molecule has 6 aliphatic rings. The number of hydrogen-bond acceptors (Lipinski definition) is 5. The van der Waals surface area contributed by atoms with E-state index in [2.05, 4.69) is 65.8 Å². The van der Waals surface area contributed by atoms with Crippen molar-refractivity contribution in [3.05, 3.63) is 46.5 Å². The molecule has 0 aromatic heterocycles. The average molecular weight is 686 g/mol. The van der Waals surface area contributed by atoms with Gasteiger partial charge in [0, 0.05) is 24.9 Å². The second kappa shape index (κ2) is 11.8. The number of carboxylic acid groups (broad SMARTS) is 1. The van der Waals surface area contributed by atoms with Crippen LogP contribution in [0.5, 0.6) is 0 Å². The minimum absolute atomic E-state index is 0.0805. The molecule has 0 bridgehead atoms. The number of esters is 1. The highest BCUT2D eigenvalue weighted by molar-refractivity contribution is 6.07. The lowest BCUT2D eigenvalue weighted by molar-refractivity contribution is -0.214. The van der Waals surface area contributed by atoms with Crippen LogP contribution in [0.3, 0.4) is 0 Å². The second-order valence-electron chi connectivity index (χ2n) is 19.3. The number of fused-ring (bicyclic) bond motifs is 8. The van der Waals surface area contributed by atoms with Crippen LogP contribution >= 0.6 is 0 Å². The van der Waals surface area contributed by atoms with Crippen LogP contribution in [-0.2, 0) is 37.0 Å². The Hall–Kier alpha value is -2.96. The van der Waals surface area contributed by atoms with E-state index < -0.39 is 22.8 Å². The summed E-state index contributed by atoms with van der Waals surface area (Å²) in [6, 6.07) is 8.36. The average Bonchev–Trinajstić information content (AvgIpc) is 3.60. The molecule has 4 saturated carbocycles. The maximum atomic E-state index is 14.8. The molecule has 0 saturated heterocycles. The van der Waals surface area contributed by atoms with Crippen LogP contribution in [0.25, 0.3) is 0 Å². The molecule has 1 N–H and O–H groups in total. The molecule has 4 unspecified atom stereocenters. The normalized spacial score (nSPS) is 37.4. The van der Waals surface area contributed by atoms with Crippen molar-refractivity contribution < 1.29 is 29.0 Å². The van der Waals surface area contributed by atoms with Crippen molar-refractivity contribution in [2.24, 2.45) is 56.7 Å². The lowest BCUT2D eigenvalue weighted by Gasteiger charge is -2.68. The van der Waals surface area contributed by atoms with Crippen molar-refractivity contribution in [2.45, 2.75) is 139 Å². The fraction of sp³-hybridized carbons (Fsp3) is 0.721. The summed E-state index contributed by atoms with van der Waals surface area (Å²) in [6.07, 6.45) is 7.72. The highest BCUT2D eigenvalue weighted by Crippen LogP contribution is 2.73.